The summed E-state index contributed by atoms with van der Waals surface area (Å²) in [6.07, 6.45) is 17.5. The lowest BCUT2D eigenvalue weighted by atomic mass is 9.47. The number of ether oxygens (including phenoxy) is 4. The Kier molecular flexibility index (Phi) is 4.99. The van der Waals surface area contributed by atoms with Crippen LogP contribution in [0.25, 0.3) is 10.8 Å². The molecule has 4 nitrogen and oxygen atoms in total. The molecule has 212 valence electrons. The van der Waals surface area contributed by atoms with E-state index < -0.39 is 0 Å². The maximum absolute atomic E-state index is 6.84. The third-order valence-electron chi connectivity index (χ3n) is 12.9. The van der Waals surface area contributed by atoms with Crippen LogP contribution in [0.1, 0.15) is 88.2 Å². The number of hydrogen-bond donors (Lipinski definition) is 0. The van der Waals surface area contributed by atoms with Gasteiger partial charge in [-0.05, 0) is 140 Å². The van der Waals surface area contributed by atoms with Crippen LogP contribution < -0.4 is 9.47 Å². The first-order valence-electron chi connectivity index (χ1n) is 16.7. The van der Waals surface area contributed by atoms with Crippen molar-refractivity contribution < 1.29 is 18.9 Å². The van der Waals surface area contributed by atoms with Gasteiger partial charge in [0.1, 0.15) is 25.4 Å². The van der Waals surface area contributed by atoms with Crippen molar-refractivity contribution in [3.8, 4) is 11.5 Å². The van der Waals surface area contributed by atoms with Gasteiger partial charge in [-0.2, -0.15) is 0 Å². The molecular weight excluding hydrogens is 496 g/mol. The van der Waals surface area contributed by atoms with E-state index in [2.05, 4.69) is 24.3 Å². The average Bonchev–Trinajstić information content (AvgIpc) is 3.84. The predicted molar refractivity (Wildman–Crippen MR) is 154 cm³/mol. The molecule has 10 aliphatic rings. The first kappa shape index (κ1) is 23.7. The second-order valence-electron chi connectivity index (χ2n) is 15.9. The van der Waals surface area contributed by atoms with E-state index in [1.807, 2.05) is 0 Å². The smallest absolute Gasteiger partial charge is 0.169 e. The molecule has 2 aromatic carbocycles. The fraction of sp³-hybridized carbons (Fsp3) is 0.722. The summed E-state index contributed by atoms with van der Waals surface area (Å²) in [6.45, 7) is 2.90. The highest BCUT2D eigenvalue weighted by molar-refractivity contribution is 5.95. The van der Waals surface area contributed by atoms with Crippen LogP contribution in [0.4, 0.5) is 0 Å². The van der Waals surface area contributed by atoms with Crippen molar-refractivity contribution in [2.75, 3.05) is 26.4 Å². The highest BCUT2D eigenvalue weighted by Crippen LogP contribution is 2.65. The largest absolute Gasteiger partial charge is 0.487 e. The monoisotopic (exact) mass is 540 g/mol. The van der Waals surface area contributed by atoms with Gasteiger partial charge in [-0.25, -0.2) is 0 Å². The van der Waals surface area contributed by atoms with E-state index in [0.29, 0.717) is 18.6 Å². The zero-order chi connectivity index (χ0) is 26.1. The van der Waals surface area contributed by atoms with Crippen LogP contribution in [-0.4, -0.2) is 38.6 Å². The molecule has 2 aromatic rings. The quantitative estimate of drug-likeness (QED) is 0.329. The van der Waals surface area contributed by atoms with Gasteiger partial charge >= 0.3 is 0 Å². The molecule has 8 bridgehead atoms. The molecule has 0 aromatic heterocycles. The predicted octanol–water partition coefficient (Wildman–Crippen LogP) is 7.33. The molecule has 2 atom stereocenters. The molecule has 0 amide bonds. The van der Waals surface area contributed by atoms with Crippen molar-refractivity contribution in [3.63, 3.8) is 0 Å². The molecule has 12 rings (SSSR count). The zero-order valence-electron chi connectivity index (χ0n) is 23.9. The Morgan fingerprint density at radius 1 is 0.575 bits per heavy atom. The number of hydrogen-bond acceptors (Lipinski definition) is 4. The number of epoxide rings is 2. The lowest BCUT2D eigenvalue weighted by Gasteiger charge is -2.58. The van der Waals surface area contributed by atoms with E-state index in [-0.39, 0.29) is 17.6 Å². The van der Waals surface area contributed by atoms with Crippen molar-refractivity contribution >= 4 is 10.8 Å². The van der Waals surface area contributed by atoms with Crippen LogP contribution >= 0.6 is 0 Å². The second-order valence-corrected chi connectivity index (χ2v) is 15.9. The van der Waals surface area contributed by atoms with Crippen LogP contribution in [0.3, 0.4) is 0 Å². The fourth-order valence-electron chi connectivity index (χ4n) is 12.1. The van der Waals surface area contributed by atoms with Crippen molar-refractivity contribution in [2.24, 2.45) is 35.5 Å². The summed E-state index contributed by atoms with van der Waals surface area (Å²) in [5.74, 6) is 7.55. The van der Waals surface area contributed by atoms with Crippen molar-refractivity contribution in [2.45, 2.75) is 100 Å². The summed E-state index contributed by atoms with van der Waals surface area (Å²) < 4.78 is 24.9. The van der Waals surface area contributed by atoms with Gasteiger partial charge in [0.05, 0.1) is 13.2 Å². The molecule has 8 aliphatic carbocycles. The molecule has 2 saturated heterocycles. The summed E-state index contributed by atoms with van der Waals surface area (Å²) in [4.78, 5) is 0. The van der Waals surface area contributed by atoms with Crippen LogP contribution in [0.15, 0.2) is 24.3 Å². The van der Waals surface area contributed by atoms with Gasteiger partial charge in [-0.1, -0.05) is 18.2 Å². The summed E-state index contributed by atoms with van der Waals surface area (Å²) >= 11 is 0. The minimum absolute atomic E-state index is 0.226. The Bertz CT molecular complexity index is 1280. The maximum atomic E-state index is 6.84. The third-order valence-corrected chi connectivity index (χ3v) is 12.9. The molecule has 2 unspecified atom stereocenters. The molecule has 2 heterocycles. The summed E-state index contributed by atoms with van der Waals surface area (Å²) in [6, 6.07) is 9.84. The van der Waals surface area contributed by atoms with Gasteiger partial charge in [0.15, 0.2) is 11.5 Å². The van der Waals surface area contributed by atoms with E-state index in [1.54, 1.807) is 5.56 Å². The molecular formula is C36H44O4. The highest BCUT2D eigenvalue weighted by atomic mass is 16.6. The number of benzene rings is 2. The maximum Gasteiger partial charge on any atom is 0.169 e. The van der Waals surface area contributed by atoms with Gasteiger partial charge in [0.25, 0.3) is 0 Å². The lowest BCUT2D eigenvalue weighted by molar-refractivity contribution is -0.00686. The lowest BCUT2D eigenvalue weighted by Crippen LogP contribution is -2.49. The van der Waals surface area contributed by atoms with Crippen LogP contribution in [0, 0.1) is 35.5 Å². The molecule has 0 N–H and O–H groups in total. The first-order valence-corrected chi connectivity index (χ1v) is 16.7. The minimum atomic E-state index is 0.226. The van der Waals surface area contributed by atoms with E-state index >= 15 is 0 Å². The Hall–Kier alpha value is -1.78. The minimum Gasteiger partial charge on any atom is -0.487 e. The van der Waals surface area contributed by atoms with E-state index in [4.69, 9.17) is 18.9 Å². The van der Waals surface area contributed by atoms with Gasteiger partial charge in [0, 0.05) is 10.9 Å². The van der Waals surface area contributed by atoms with E-state index in [1.165, 1.54) is 93.4 Å². The van der Waals surface area contributed by atoms with Gasteiger partial charge in [-0.15, -0.1) is 0 Å². The molecule has 2 aliphatic heterocycles. The van der Waals surface area contributed by atoms with Gasteiger partial charge in [0.2, 0.25) is 0 Å². The standard InChI is InChI=1S/C36H44O4/c1-2-29-30(31(3-1)35-11-21-4-22(12-35)6-23(5-21)13-35)10-32(36-14-24-7-25(15-36)9-26(8-24)16-36)34(40-20-28-18-38-28)33(29)39-19-27-17-37-27/h1-3,10,21-28H,4-9,11-20H2. The Labute approximate surface area is 238 Å². The van der Waals surface area contributed by atoms with Crippen LogP contribution in [0.2, 0.25) is 0 Å². The third kappa shape index (κ3) is 3.70. The molecule has 0 radical (unpaired) electrons. The first-order chi connectivity index (χ1) is 19.6. The van der Waals surface area contributed by atoms with Gasteiger partial charge in [-0.3, -0.25) is 0 Å². The Morgan fingerprint density at radius 3 is 1.50 bits per heavy atom. The molecule has 10 fully saturated rings. The summed E-state index contributed by atoms with van der Waals surface area (Å²) in [7, 11) is 0. The van der Waals surface area contributed by atoms with E-state index in [0.717, 1.165) is 60.2 Å². The van der Waals surface area contributed by atoms with Crippen LogP contribution in [-0.2, 0) is 20.3 Å². The average molecular weight is 541 g/mol. The van der Waals surface area contributed by atoms with Gasteiger partial charge < -0.3 is 18.9 Å². The summed E-state index contributed by atoms with van der Waals surface area (Å²) in [5, 5.41) is 2.76. The summed E-state index contributed by atoms with van der Waals surface area (Å²) in [5.41, 5.74) is 3.72. The fourth-order valence-corrected chi connectivity index (χ4v) is 12.1. The molecule has 8 saturated carbocycles. The van der Waals surface area contributed by atoms with Crippen molar-refractivity contribution in [1.82, 2.24) is 0 Å². The van der Waals surface area contributed by atoms with Crippen molar-refractivity contribution in [3.05, 3.63) is 35.4 Å². The van der Waals surface area contributed by atoms with Crippen molar-refractivity contribution in [1.29, 1.82) is 0 Å². The molecule has 4 heteroatoms. The zero-order valence-corrected chi connectivity index (χ0v) is 23.9. The normalized spacial score (nSPS) is 45.3. The van der Waals surface area contributed by atoms with Crippen LogP contribution in [0.5, 0.6) is 11.5 Å². The van der Waals surface area contributed by atoms with E-state index in [9.17, 15) is 0 Å². The Balaban J connectivity index is 1.18. The SMILES string of the molecule is c1cc(C23CC4CC(CC(C4)C2)C3)c2cc(C34CC5CC(CC(C5)C3)C4)c(OCC3CO3)c(OCC3CO3)c2c1. The number of fused-ring (bicyclic) bond motifs is 1. The highest BCUT2D eigenvalue weighted by Gasteiger charge is 2.55. The topological polar surface area (TPSA) is 43.5 Å². The molecule has 0 spiro atoms. The Morgan fingerprint density at radius 2 is 1.02 bits per heavy atom. The molecule has 40 heavy (non-hydrogen) atoms. The second kappa shape index (κ2) is 8.40. The number of rotatable bonds is 8.